The number of hydrogen-bond acceptors (Lipinski definition) is 2. The van der Waals surface area contributed by atoms with Crippen LogP contribution in [0, 0.1) is 17.3 Å². The largest absolute Gasteiger partial charge is 0.299 e. The molecule has 2 fully saturated rings. The summed E-state index contributed by atoms with van der Waals surface area (Å²) in [6, 6.07) is 0. The van der Waals surface area contributed by atoms with Crippen LogP contribution in [0.15, 0.2) is 12.2 Å². The van der Waals surface area contributed by atoms with Gasteiger partial charge < -0.3 is 0 Å². The third kappa shape index (κ3) is 1.03. The van der Waals surface area contributed by atoms with Crippen molar-refractivity contribution >= 4 is 11.6 Å². The van der Waals surface area contributed by atoms with Gasteiger partial charge in [0.1, 0.15) is 11.6 Å². The zero-order valence-electron chi connectivity index (χ0n) is 8.80. The Balaban J connectivity index is 2.46. The van der Waals surface area contributed by atoms with Crippen molar-refractivity contribution in [2.45, 2.75) is 33.1 Å². The fourth-order valence-electron chi connectivity index (χ4n) is 2.77. The van der Waals surface area contributed by atoms with Crippen molar-refractivity contribution in [3.05, 3.63) is 12.2 Å². The highest BCUT2D eigenvalue weighted by Gasteiger charge is 2.52. The predicted octanol–water partition coefficient (Wildman–Crippen LogP) is 2.14. The van der Waals surface area contributed by atoms with E-state index in [1.807, 2.05) is 6.92 Å². The maximum absolute atomic E-state index is 11.8. The van der Waals surface area contributed by atoms with Gasteiger partial charge in [0.2, 0.25) is 0 Å². The summed E-state index contributed by atoms with van der Waals surface area (Å²) in [6.07, 6.45) is 1.98. The molecule has 2 rings (SSSR count). The molecule has 2 heteroatoms. The third-order valence-electron chi connectivity index (χ3n) is 4.22. The number of fused-ring (bicyclic) bond motifs is 2. The van der Waals surface area contributed by atoms with Crippen molar-refractivity contribution in [2.75, 3.05) is 0 Å². The Morgan fingerprint density at radius 2 is 2.00 bits per heavy atom. The van der Waals surface area contributed by atoms with Crippen molar-refractivity contribution in [1.82, 2.24) is 0 Å². The summed E-state index contributed by atoms with van der Waals surface area (Å²) in [5.41, 5.74) is 0.972. The summed E-state index contributed by atoms with van der Waals surface area (Å²) < 4.78 is 0. The first-order chi connectivity index (χ1) is 6.47. The standard InChI is InChI=1S/C12H16O2/c1-7-4-5-10(13)9-6-12(7,3)8(2)11(9)14/h8-9H,1,4-6H2,2-3H3. The van der Waals surface area contributed by atoms with Crippen molar-refractivity contribution in [1.29, 1.82) is 0 Å². The lowest BCUT2D eigenvalue weighted by molar-refractivity contribution is -0.132. The number of carbonyl (C=O) groups excluding carboxylic acids is 2. The summed E-state index contributed by atoms with van der Waals surface area (Å²) in [6.45, 7) is 8.06. The number of ketones is 2. The minimum Gasteiger partial charge on any atom is -0.299 e. The highest BCUT2D eigenvalue weighted by molar-refractivity contribution is 6.06. The van der Waals surface area contributed by atoms with Crippen LogP contribution in [0.2, 0.25) is 0 Å². The SMILES string of the molecule is C=C1CCC(=O)C2CC1(C)C(C)C2=O. The molecule has 0 spiro atoms. The molecule has 3 unspecified atom stereocenters. The predicted molar refractivity (Wildman–Crippen MR) is 53.8 cm³/mol. The molecule has 0 saturated heterocycles. The van der Waals surface area contributed by atoms with Crippen LogP contribution in [-0.2, 0) is 9.59 Å². The van der Waals surface area contributed by atoms with Gasteiger partial charge in [-0.2, -0.15) is 0 Å². The van der Waals surface area contributed by atoms with E-state index >= 15 is 0 Å². The normalized spacial score (nSPS) is 42.9. The van der Waals surface area contributed by atoms with Gasteiger partial charge in [-0.25, -0.2) is 0 Å². The fourth-order valence-corrected chi connectivity index (χ4v) is 2.77. The molecule has 0 aromatic heterocycles. The molecule has 2 nitrogen and oxygen atoms in total. The molecule has 2 aliphatic carbocycles. The van der Waals surface area contributed by atoms with Gasteiger partial charge in [0.25, 0.3) is 0 Å². The number of allylic oxidation sites excluding steroid dienone is 1. The average Bonchev–Trinajstić information content (AvgIpc) is 2.32. The van der Waals surface area contributed by atoms with E-state index in [2.05, 4.69) is 13.5 Å². The molecule has 2 aliphatic rings. The molecule has 0 heterocycles. The number of rotatable bonds is 0. The van der Waals surface area contributed by atoms with Gasteiger partial charge in [0, 0.05) is 12.3 Å². The van der Waals surface area contributed by atoms with Gasteiger partial charge in [-0.3, -0.25) is 9.59 Å². The summed E-state index contributed by atoms with van der Waals surface area (Å²) in [5, 5.41) is 0. The minimum absolute atomic E-state index is 0.0238. The molecule has 0 aromatic rings. The van der Waals surface area contributed by atoms with Gasteiger partial charge in [-0.1, -0.05) is 26.0 Å². The Labute approximate surface area is 84.4 Å². The van der Waals surface area contributed by atoms with Gasteiger partial charge in [-0.05, 0) is 18.3 Å². The topological polar surface area (TPSA) is 34.1 Å². The van der Waals surface area contributed by atoms with Crippen LogP contribution in [-0.4, -0.2) is 11.6 Å². The lowest BCUT2D eigenvalue weighted by atomic mass is 9.73. The maximum Gasteiger partial charge on any atom is 0.147 e. The van der Waals surface area contributed by atoms with E-state index in [9.17, 15) is 9.59 Å². The van der Waals surface area contributed by atoms with E-state index < -0.39 is 0 Å². The highest BCUT2D eigenvalue weighted by atomic mass is 16.2. The van der Waals surface area contributed by atoms with E-state index in [-0.39, 0.29) is 28.8 Å². The molecule has 0 radical (unpaired) electrons. The molecule has 76 valence electrons. The van der Waals surface area contributed by atoms with E-state index in [1.54, 1.807) is 0 Å². The van der Waals surface area contributed by atoms with Crippen LogP contribution in [0.5, 0.6) is 0 Å². The zero-order valence-corrected chi connectivity index (χ0v) is 8.80. The van der Waals surface area contributed by atoms with Crippen molar-refractivity contribution in [2.24, 2.45) is 17.3 Å². The molecule has 0 N–H and O–H groups in total. The number of hydrogen-bond donors (Lipinski definition) is 0. The molecule has 3 atom stereocenters. The first-order valence-corrected chi connectivity index (χ1v) is 5.21. The Morgan fingerprint density at radius 3 is 2.64 bits per heavy atom. The summed E-state index contributed by atoms with van der Waals surface area (Å²) >= 11 is 0. The number of carbonyl (C=O) groups is 2. The van der Waals surface area contributed by atoms with E-state index in [1.165, 1.54) is 0 Å². The second-order valence-electron chi connectivity index (χ2n) is 4.87. The first kappa shape index (κ1) is 9.63. The minimum atomic E-state index is -0.325. The Morgan fingerprint density at radius 1 is 1.36 bits per heavy atom. The second-order valence-corrected chi connectivity index (χ2v) is 4.87. The van der Waals surface area contributed by atoms with Crippen LogP contribution in [0.3, 0.4) is 0 Å². The Kier molecular flexibility index (Phi) is 1.91. The molecule has 2 bridgehead atoms. The molecular weight excluding hydrogens is 176 g/mol. The second kappa shape index (κ2) is 2.78. The molecule has 0 amide bonds. The summed E-state index contributed by atoms with van der Waals surface area (Å²) in [5.74, 6) is -0.0823. The number of Topliss-reactive ketones (excluding diaryl/α,β-unsaturated/α-hetero) is 2. The molecule has 14 heavy (non-hydrogen) atoms. The molecule has 2 saturated carbocycles. The van der Waals surface area contributed by atoms with Gasteiger partial charge in [0.05, 0.1) is 5.92 Å². The van der Waals surface area contributed by atoms with Crippen molar-refractivity contribution in [3.63, 3.8) is 0 Å². The van der Waals surface area contributed by atoms with Gasteiger partial charge in [-0.15, -0.1) is 0 Å². The lowest BCUT2D eigenvalue weighted by Crippen LogP contribution is -2.27. The van der Waals surface area contributed by atoms with Gasteiger partial charge in [0.15, 0.2) is 0 Å². The first-order valence-electron chi connectivity index (χ1n) is 5.21. The van der Waals surface area contributed by atoms with Gasteiger partial charge >= 0.3 is 0 Å². The van der Waals surface area contributed by atoms with Crippen molar-refractivity contribution < 1.29 is 9.59 Å². The third-order valence-corrected chi connectivity index (χ3v) is 4.22. The molecular formula is C12H16O2. The van der Waals surface area contributed by atoms with E-state index in [4.69, 9.17) is 0 Å². The van der Waals surface area contributed by atoms with Crippen LogP contribution in [0.25, 0.3) is 0 Å². The molecule has 0 aromatic carbocycles. The quantitative estimate of drug-likeness (QED) is 0.435. The van der Waals surface area contributed by atoms with E-state index in [0.717, 1.165) is 12.0 Å². The van der Waals surface area contributed by atoms with Crippen LogP contribution < -0.4 is 0 Å². The summed E-state index contributed by atoms with van der Waals surface area (Å²) in [7, 11) is 0. The average molecular weight is 192 g/mol. The Hall–Kier alpha value is -0.920. The van der Waals surface area contributed by atoms with Crippen molar-refractivity contribution in [3.8, 4) is 0 Å². The highest BCUT2D eigenvalue weighted by Crippen LogP contribution is 2.52. The lowest BCUT2D eigenvalue weighted by Gasteiger charge is -2.30. The fraction of sp³-hybridized carbons (Fsp3) is 0.667. The summed E-state index contributed by atoms with van der Waals surface area (Å²) in [4.78, 5) is 23.5. The maximum atomic E-state index is 11.8. The van der Waals surface area contributed by atoms with Crippen LogP contribution >= 0.6 is 0 Å². The zero-order chi connectivity index (χ0) is 10.5. The van der Waals surface area contributed by atoms with Crippen LogP contribution in [0.1, 0.15) is 33.1 Å². The smallest absolute Gasteiger partial charge is 0.147 e. The van der Waals surface area contributed by atoms with E-state index in [0.29, 0.717) is 12.8 Å². The Bertz CT molecular complexity index is 329. The molecule has 0 aliphatic heterocycles. The monoisotopic (exact) mass is 192 g/mol. The van der Waals surface area contributed by atoms with Crippen LogP contribution in [0.4, 0.5) is 0 Å².